The van der Waals surface area contributed by atoms with Crippen molar-refractivity contribution in [1.29, 1.82) is 0 Å². The third kappa shape index (κ3) is 6.51. The van der Waals surface area contributed by atoms with Crippen molar-refractivity contribution < 1.29 is 51.2 Å². The number of fused-ring (bicyclic) bond motifs is 2. The van der Waals surface area contributed by atoms with Gasteiger partial charge in [0.25, 0.3) is 12.3 Å². The van der Waals surface area contributed by atoms with Gasteiger partial charge < -0.3 is 35.1 Å². The van der Waals surface area contributed by atoms with E-state index in [0.29, 0.717) is 30.2 Å². The fourth-order valence-electron chi connectivity index (χ4n) is 5.99. The van der Waals surface area contributed by atoms with Gasteiger partial charge in [0.05, 0.1) is 37.0 Å². The monoisotopic (exact) mass is 685 g/mol. The molecule has 258 valence electrons. The normalized spacial score (nSPS) is 17.6. The summed E-state index contributed by atoms with van der Waals surface area (Å²) in [7, 11) is 1.47. The van der Waals surface area contributed by atoms with Gasteiger partial charge in [-0.25, -0.2) is 18.3 Å². The van der Waals surface area contributed by atoms with E-state index in [4.69, 9.17) is 15.2 Å². The topological polar surface area (TPSA) is 160 Å². The molecule has 7 rings (SSSR count). The van der Waals surface area contributed by atoms with E-state index in [1.54, 1.807) is 10.6 Å². The minimum Gasteiger partial charge on any atom is -0.485 e. The molecule has 4 heterocycles. The zero-order chi connectivity index (χ0) is 34.7. The smallest absolute Gasteiger partial charge is 0.485 e. The van der Waals surface area contributed by atoms with E-state index in [-0.39, 0.29) is 57.8 Å². The van der Waals surface area contributed by atoms with Crippen LogP contribution in [0.1, 0.15) is 58.9 Å². The quantitative estimate of drug-likeness (QED) is 0.175. The van der Waals surface area contributed by atoms with Crippen molar-refractivity contribution in [3.8, 4) is 34.4 Å². The van der Waals surface area contributed by atoms with Crippen LogP contribution < -0.4 is 30.0 Å². The molecule has 3 aromatic heterocycles. The first-order valence-electron chi connectivity index (χ1n) is 15.6. The Morgan fingerprint density at radius 1 is 1.12 bits per heavy atom. The molecule has 2 aliphatic carbocycles. The molecular weight excluding hydrogens is 654 g/mol. The molecule has 12 nitrogen and oxygen atoms in total. The van der Waals surface area contributed by atoms with Crippen LogP contribution in [0.15, 0.2) is 42.5 Å². The molecule has 4 N–H and O–H groups in total. The Bertz CT molecular complexity index is 1960. The Kier molecular flexibility index (Phi) is 8.00. The molecule has 0 radical (unpaired) electrons. The van der Waals surface area contributed by atoms with Crippen LogP contribution in [0.3, 0.4) is 0 Å². The molecule has 0 bridgehead atoms. The predicted molar refractivity (Wildman–Crippen MR) is 163 cm³/mol. The van der Waals surface area contributed by atoms with E-state index in [2.05, 4.69) is 24.9 Å². The number of rotatable bonds is 13. The number of carbonyl (C=O) groups is 2. The lowest BCUT2D eigenvalue weighted by Crippen LogP contribution is -2.43. The Morgan fingerprint density at radius 3 is 2.55 bits per heavy atom. The van der Waals surface area contributed by atoms with Gasteiger partial charge in [0.2, 0.25) is 11.8 Å². The summed E-state index contributed by atoms with van der Waals surface area (Å²) < 4.78 is 75.9. The number of carbonyl (C=O) groups excluding carboxylic acids is 2. The maximum Gasteiger partial charge on any atom is 0.586 e. The summed E-state index contributed by atoms with van der Waals surface area (Å²) in [5, 5.41) is 19.6. The number of nitrogens with two attached hydrogens (primary N) is 1. The fraction of sp³-hybridized carbons (Fsp3) is 0.394. The average Bonchev–Trinajstić information content (AvgIpc) is 3.99. The second kappa shape index (κ2) is 12.1. The Morgan fingerprint density at radius 2 is 1.88 bits per heavy atom. The number of benzene rings is 1. The van der Waals surface area contributed by atoms with E-state index < -0.39 is 43.2 Å². The average molecular weight is 686 g/mol. The minimum atomic E-state index is -3.93. The second-order valence-corrected chi connectivity index (χ2v) is 12.4. The Labute approximate surface area is 276 Å². The SMILES string of the molecule is COc1cc(C(=O)NC[C@](O)(c2cc(CC(N)=O)c(OCC(F)F)c(-c3ccc4c(c3)OC(F)(F)O4)n2)C2CC2)cc2cc(C3CC3)nn12. The van der Waals surface area contributed by atoms with Gasteiger partial charge >= 0.3 is 6.29 Å². The number of hydrogen-bond acceptors (Lipinski definition) is 9. The van der Waals surface area contributed by atoms with Crippen molar-refractivity contribution in [2.24, 2.45) is 11.7 Å². The van der Waals surface area contributed by atoms with Gasteiger partial charge in [0.15, 0.2) is 11.5 Å². The van der Waals surface area contributed by atoms with E-state index in [0.717, 1.165) is 24.6 Å². The fourth-order valence-corrected chi connectivity index (χ4v) is 5.99. The van der Waals surface area contributed by atoms with Gasteiger partial charge in [-0.05, 0) is 68.0 Å². The van der Waals surface area contributed by atoms with Crippen LogP contribution in [-0.4, -0.2) is 64.5 Å². The zero-order valence-electron chi connectivity index (χ0n) is 26.1. The van der Waals surface area contributed by atoms with Crippen molar-refractivity contribution in [1.82, 2.24) is 19.9 Å². The number of aliphatic hydroxyl groups is 1. The van der Waals surface area contributed by atoms with Crippen LogP contribution in [-0.2, 0) is 16.8 Å². The van der Waals surface area contributed by atoms with Crippen LogP contribution in [0.4, 0.5) is 17.6 Å². The molecule has 1 atom stereocenters. The summed E-state index contributed by atoms with van der Waals surface area (Å²) in [6.45, 7) is -1.41. The summed E-state index contributed by atoms with van der Waals surface area (Å²) in [5.74, 6) is -1.93. The third-order valence-corrected chi connectivity index (χ3v) is 8.67. The van der Waals surface area contributed by atoms with Crippen molar-refractivity contribution in [3.05, 3.63) is 65.0 Å². The van der Waals surface area contributed by atoms with E-state index in [1.807, 2.05) is 6.07 Å². The summed E-state index contributed by atoms with van der Waals surface area (Å²) in [5.41, 5.74) is 5.43. The molecule has 2 amide bonds. The molecule has 2 fully saturated rings. The standard InChI is InChI=1S/C33H31F4N5O7/c1-46-28-12-19(8-21-13-22(16-2-3-16)41-42(21)28)31(44)39-15-32(45,20-5-6-20)25-10-18(11-27(38)43)30(47-14-26(34)35)29(40-25)17-4-7-23-24(9-17)49-33(36,37)48-23/h4,7-10,12-13,16,20,26,45H,2-3,5-6,11,14-15H2,1H3,(H2,38,43)(H,39,44)/t32-/m1/s1. The first kappa shape index (κ1) is 32.4. The summed E-state index contributed by atoms with van der Waals surface area (Å²) >= 11 is 0. The van der Waals surface area contributed by atoms with E-state index in [9.17, 15) is 32.3 Å². The molecule has 0 spiro atoms. The second-order valence-electron chi connectivity index (χ2n) is 12.4. The number of amides is 2. The van der Waals surface area contributed by atoms with Crippen LogP contribution in [0, 0.1) is 5.92 Å². The maximum absolute atomic E-state index is 13.8. The third-order valence-electron chi connectivity index (χ3n) is 8.67. The molecule has 1 aromatic carbocycles. The minimum absolute atomic E-state index is 0.0175. The lowest BCUT2D eigenvalue weighted by atomic mass is 9.90. The number of halogens is 4. The Balaban J connectivity index is 1.25. The molecule has 16 heteroatoms. The predicted octanol–water partition coefficient (Wildman–Crippen LogP) is 4.30. The number of methoxy groups -OCH3 is 1. The summed E-state index contributed by atoms with van der Waals surface area (Å²) in [6, 6.07) is 10.1. The van der Waals surface area contributed by atoms with Gasteiger partial charge in [0, 0.05) is 28.7 Å². The number of ether oxygens (including phenoxy) is 4. The van der Waals surface area contributed by atoms with Crippen molar-refractivity contribution in [3.63, 3.8) is 0 Å². The lowest BCUT2D eigenvalue weighted by Gasteiger charge is -2.30. The van der Waals surface area contributed by atoms with E-state index >= 15 is 0 Å². The highest BCUT2D eigenvalue weighted by atomic mass is 19.3. The van der Waals surface area contributed by atoms with Crippen LogP contribution in [0.25, 0.3) is 16.8 Å². The van der Waals surface area contributed by atoms with Gasteiger partial charge in [0.1, 0.15) is 23.7 Å². The molecule has 0 saturated heterocycles. The number of alkyl halides is 4. The number of primary amides is 1. The summed E-state index contributed by atoms with van der Waals surface area (Å²) in [6.07, 6.45) is -4.12. The molecule has 0 unspecified atom stereocenters. The Hall–Kier alpha value is -5.12. The number of nitrogens with zero attached hydrogens (tertiary/aromatic N) is 3. The van der Waals surface area contributed by atoms with Crippen LogP contribution >= 0.6 is 0 Å². The molecular formula is C33H31F4N5O7. The highest BCUT2D eigenvalue weighted by Gasteiger charge is 2.48. The summed E-state index contributed by atoms with van der Waals surface area (Å²) in [4.78, 5) is 30.3. The van der Waals surface area contributed by atoms with Crippen molar-refractivity contribution in [2.45, 2.75) is 56.3 Å². The van der Waals surface area contributed by atoms with Gasteiger partial charge in [-0.2, -0.15) is 5.10 Å². The molecule has 49 heavy (non-hydrogen) atoms. The number of nitrogens with one attached hydrogen (secondary N) is 1. The van der Waals surface area contributed by atoms with Crippen molar-refractivity contribution in [2.75, 3.05) is 20.3 Å². The number of pyridine rings is 2. The van der Waals surface area contributed by atoms with Crippen LogP contribution in [0.5, 0.6) is 23.1 Å². The van der Waals surface area contributed by atoms with Crippen molar-refractivity contribution >= 4 is 17.3 Å². The number of aromatic nitrogens is 3. The molecule has 3 aliphatic rings. The molecule has 2 saturated carbocycles. The van der Waals surface area contributed by atoms with Gasteiger partial charge in [-0.1, -0.05) is 0 Å². The van der Waals surface area contributed by atoms with Gasteiger partial charge in [-0.3, -0.25) is 9.59 Å². The zero-order valence-corrected chi connectivity index (χ0v) is 26.1. The van der Waals surface area contributed by atoms with Gasteiger partial charge in [-0.15, -0.1) is 8.78 Å². The first-order valence-corrected chi connectivity index (χ1v) is 15.6. The highest BCUT2D eigenvalue weighted by molar-refractivity contribution is 5.95. The lowest BCUT2D eigenvalue weighted by molar-refractivity contribution is -0.286. The first-order chi connectivity index (χ1) is 23.3. The number of hydrogen-bond donors (Lipinski definition) is 3. The largest absolute Gasteiger partial charge is 0.586 e. The maximum atomic E-state index is 13.8. The molecule has 4 aromatic rings. The van der Waals surface area contributed by atoms with E-state index in [1.165, 1.54) is 31.4 Å². The van der Waals surface area contributed by atoms with Crippen LogP contribution in [0.2, 0.25) is 0 Å². The molecule has 1 aliphatic heterocycles. The highest BCUT2D eigenvalue weighted by Crippen LogP contribution is 2.48.